The van der Waals surface area contributed by atoms with Crippen molar-refractivity contribution in [1.82, 2.24) is 4.90 Å². The maximum absolute atomic E-state index is 2.62. The molecule has 0 radical (unpaired) electrons. The van der Waals surface area contributed by atoms with E-state index in [9.17, 15) is 0 Å². The summed E-state index contributed by atoms with van der Waals surface area (Å²) in [7, 11) is 0. The van der Waals surface area contributed by atoms with Crippen LogP contribution in [0.1, 0.15) is 53.4 Å². The van der Waals surface area contributed by atoms with Crippen LogP contribution in [0.5, 0.6) is 0 Å². The van der Waals surface area contributed by atoms with E-state index in [1.165, 1.54) is 38.8 Å². The van der Waals surface area contributed by atoms with Gasteiger partial charge in [0.15, 0.2) is 0 Å². The lowest BCUT2D eigenvalue weighted by atomic mass is 9.56. The van der Waals surface area contributed by atoms with E-state index >= 15 is 0 Å². The molecule has 0 aromatic rings. The first kappa shape index (κ1) is 11.4. The van der Waals surface area contributed by atoms with Crippen LogP contribution in [-0.2, 0) is 0 Å². The molecule has 1 nitrogen and oxygen atoms in total. The fourth-order valence-corrected chi connectivity index (χ4v) is 3.38. The smallest absolute Gasteiger partial charge is 0.00534 e. The highest BCUT2D eigenvalue weighted by Gasteiger charge is 2.51. The van der Waals surface area contributed by atoms with E-state index in [4.69, 9.17) is 0 Å². The molecule has 0 amide bonds. The summed E-state index contributed by atoms with van der Waals surface area (Å²) in [6.07, 6.45) is 5.99. The molecule has 2 fully saturated rings. The second kappa shape index (κ2) is 4.08. The summed E-state index contributed by atoms with van der Waals surface area (Å²) in [4.78, 5) is 2.62. The van der Waals surface area contributed by atoms with Gasteiger partial charge in [0.2, 0.25) is 0 Å². The number of likely N-dealkylation sites (tertiary alicyclic amines) is 1. The monoisotopic (exact) mass is 209 g/mol. The Morgan fingerprint density at radius 1 is 1.13 bits per heavy atom. The zero-order chi connectivity index (χ0) is 11.1. The summed E-state index contributed by atoms with van der Waals surface area (Å²) in [5.74, 6) is 1.97. The second-order valence-corrected chi connectivity index (χ2v) is 6.74. The molecular formula is C14H27N. The average Bonchev–Trinajstić information content (AvgIpc) is 1.96. The predicted molar refractivity (Wildman–Crippen MR) is 65.9 cm³/mol. The highest BCUT2D eigenvalue weighted by Crippen LogP contribution is 2.53. The first-order chi connectivity index (χ1) is 7.01. The van der Waals surface area contributed by atoms with Crippen molar-refractivity contribution in [2.24, 2.45) is 17.3 Å². The van der Waals surface area contributed by atoms with Crippen molar-refractivity contribution in [1.29, 1.82) is 0 Å². The van der Waals surface area contributed by atoms with Crippen molar-refractivity contribution in [3.63, 3.8) is 0 Å². The summed E-state index contributed by atoms with van der Waals surface area (Å²) in [6.45, 7) is 12.1. The van der Waals surface area contributed by atoms with Gasteiger partial charge in [-0.25, -0.2) is 0 Å². The Bertz CT molecular complexity index is 205. The summed E-state index contributed by atoms with van der Waals surface area (Å²) < 4.78 is 0. The fourth-order valence-electron chi connectivity index (χ4n) is 3.38. The van der Waals surface area contributed by atoms with Gasteiger partial charge in [0.25, 0.3) is 0 Å². The molecule has 1 aliphatic heterocycles. The molecule has 1 aliphatic carbocycles. The van der Waals surface area contributed by atoms with Crippen molar-refractivity contribution in [3.05, 3.63) is 0 Å². The van der Waals surface area contributed by atoms with Gasteiger partial charge >= 0.3 is 0 Å². The number of rotatable bonds is 4. The predicted octanol–water partition coefficient (Wildman–Crippen LogP) is 3.54. The summed E-state index contributed by atoms with van der Waals surface area (Å²) in [6, 6.07) is 0.769. The molecule has 2 aliphatic rings. The lowest BCUT2D eigenvalue weighted by molar-refractivity contribution is -0.109. The Morgan fingerprint density at radius 2 is 1.73 bits per heavy atom. The van der Waals surface area contributed by atoms with Crippen LogP contribution in [0.25, 0.3) is 0 Å². The molecule has 1 heteroatoms. The number of hydrogen-bond acceptors (Lipinski definition) is 1. The van der Waals surface area contributed by atoms with E-state index in [0.717, 1.165) is 23.3 Å². The molecule has 0 N–H and O–H groups in total. The molecule has 0 aromatic heterocycles. The van der Waals surface area contributed by atoms with Crippen LogP contribution in [0.3, 0.4) is 0 Å². The fraction of sp³-hybridized carbons (Fsp3) is 1.00. The third-order valence-electron chi connectivity index (χ3n) is 4.40. The summed E-state index contributed by atoms with van der Waals surface area (Å²) >= 11 is 0. The topological polar surface area (TPSA) is 3.24 Å². The Morgan fingerprint density at radius 3 is 2.20 bits per heavy atom. The van der Waals surface area contributed by atoms with E-state index in [1.807, 2.05) is 0 Å². The molecule has 15 heavy (non-hydrogen) atoms. The lowest BCUT2D eigenvalue weighted by Gasteiger charge is -2.61. The van der Waals surface area contributed by atoms with E-state index in [1.54, 1.807) is 0 Å². The van der Waals surface area contributed by atoms with Gasteiger partial charge in [-0.05, 0) is 43.9 Å². The van der Waals surface area contributed by atoms with Gasteiger partial charge in [0.1, 0.15) is 0 Å². The van der Waals surface area contributed by atoms with E-state index < -0.39 is 0 Å². The minimum atomic E-state index is 0.769. The Balaban J connectivity index is 1.63. The molecule has 88 valence electrons. The third kappa shape index (κ3) is 2.38. The highest BCUT2D eigenvalue weighted by molar-refractivity contribution is 5.04. The van der Waals surface area contributed by atoms with Gasteiger partial charge in [-0.15, -0.1) is 0 Å². The van der Waals surface area contributed by atoms with E-state index in [-0.39, 0.29) is 0 Å². The maximum Gasteiger partial charge on any atom is 0.00534 e. The van der Waals surface area contributed by atoms with Gasteiger partial charge in [-0.1, -0.05) is 26.7 Å². The molecule has 0 aromatic carbocycles. The molecule has 1 spiro atoms. The quantitative estimate of drug-likeness (QED) is 0.684. The van der Waals surface area contributed by atoms with Crippen LogP contribution < -0.4 is 0 Å². The van der Waals surface area contributed by atoms with Crippen LogP contribution in [0, 0.1) is 17.3 Å². The van der Waals surface area contributed by atoms with Gasteiger partial charge in [-0.3, -0.25) is 4.90 Å². The molecule has 0 bridgehead atoms. The summed E-state index contributed by atoms with van der Waals surface area (Å²) in [5.41, 5.74) is 0.784. The van der Waals surface area contributed by atoms with Gasteiger partial charge < -0.3 is 0 Å². The van der Waals surface area contributed by atoms with E-state index in [2.05, 4.69) is 32.6 Å². The average molecular weight is 209 g/mol. The van der Waals surface area contributed by atoms with E-state index in [0.29, 0.717) is 0 Å². The van der Waals surface area contributed by atoms with Gasteiger partial charge in [0.05, 0.1) is 0 Å². The standard InChI is InChI=1S/C14H27N/c1-11(2)5-6-13-7-14(8-13)9-15(10-14)12(3)4/h11-13H,5-10H2,1-4H3. The molecule has 0 atom stereocenters. The first-order valence-electron chi connectivity index (χ1n) is 6.75. The highest BCUT2D eigenvalue weighted by atomic mass is 15.2. The zero-order valence-corrected chi connectivity index (χ0v) is 10.9. The zero-order valence-electron chi connectivity index (χ0n) is 10.9. The van der Waals surface area contributed by atoms with Crippen molar-refractivity contribution < 1.29 is 0 Å². The molecule has 1 saturated heterocycles. The largest absolute Gasteiger partial charge is 0.300 e. The Hall–Kier alpha value is -0.0400. The SMILES string of the molecule is CC(C)CCC1CC2(C1)CN(C(C)C)C2. The minimum absolute atomic E-state index is 0.769. The lowest BCUT2D eigenvalue weighted by Crippen LogP contribution is -2.63. The number of hydrogen-bond donors (Lipinski definition) is 0. The molecular weight excluding hydrogens is 182 g/mol. The van der Waals surface area contributed by atoms with Crippen LogP contribution in [0.4, 0.5) is 0 Å². The van der Waals surface area contributed by atoms with Gasteiger partial charge in [0, 0.05) is 19.1 Å². The Kier molecular flexibility index (Phi) is 3.12. The number of nitrogens with zero attached hydrogens (tertiary/aromatic N) is 1. The van der Waals surface area contributed by atoms with Crippen molar-refractivity contribution in [2.75, 3.05) is 13.1 Å². The second-order valence-electron chi connectivity index (χ2n) is 6.74. The van der Waals surface area contributed by atoms with Crippen molar-refractivity contribution in [2.45, 2.75) is 59.4 Å². The van der Waals surface area contributed by atoms with Gasteiger partial charge in [-0.2, -0.15) is 0 Å². The molecule has 1 saturated carbocycles. The van der Waals surface area contributed by atoms with Crippen molar-refractivity contribution in [3.8, 4) is 0 Å². The third-order valence-corrected chi connectivity index (χ3v) is 4.40. The summed E-state index contributed by atoms with van der Waals surface area (Å²) in [5, 5.41) is 0. The van der Waals surface area contributed by atoms with Crippen LogP contribution in [0.2, 0.25) is 0 Å². The van der Waals surface area contributed by atoms with Crippen LogP contribution >= 0.6 is 0 Å². The van der Waals surface area contributed by atoms with Crippen LogP contribution in [0.15, 0.2) is 0 Å². The van der Waals surface area contributed by atoms with Crippen molar-refractivity contribution >= 4 is 0 Å². The molecule has 2 rings (SSSR count). The first-order valence-corrected chi connectivity index (χ1v) is 6.75. The Labute approximate surface area is 95.2 Å². The normalized spacial score (nSPS) is 26.0. The molecule has 1 heterocycles. The molecule has 0 unspecified atom stereocenters. The minimum Gasteiger partial charge on any atom is -0.300 e. The maximum atomic E-state index is 2.62. The van der Waals surface area contributed by atoms with Crippen LogP contribution in [-0.4, -0.2) is 24.0 Å².